The first kappa shape index (κ1) is 10.7. The van der Waals surface area contributed by atoms with Crippen LogP contribution in [0.1, 0.15) is 54.3 Å². The van der Waals surface area contributed by atoms with E-state index in [1.807, 2.05) is 11.3 Å². The number of nitrogens with two attached hydrogens (primary N) is 1. The highest BCUT2D eigenvalue weighted by molar-refractivity contribution is 7.19. The molecule has 0 saturated heterocycles. The molecule has 1 fully saturated rings. The maximum absolute atomic E-state index is 6.20. The molecule has 4 rings (SSSR count). The van der Waals surface area contributed by atoms with Crippen LogP contribution in [0.2, 0.25) is 0 Å². The maximum atomic E-state index is 6.20. The van der Waals surface area contributed by atoms with Crippen LogP contribution in [0.25, 0.3) is 10.2 Å². The van der Waals surface area contributed by atoms with Crippen molar-refractivity contribution in [3.05, 3.63) is 16.3 Å². The summed E-state index contributed by atoms with van der Waals surface area (Å²) >= 11 is 1.84. The molecule has 1 saturated carbocycles. The predicted molar refractivity (Wildman–Crippen MR) is 75.1 cm³/mol. The minimum atomic E-state index is 0.550. The molecule has 4 heteroatoms. The van der Waals surface area contributed by atoms with Crippen molar-refractivity contribution in [2.45, 2.75) is 50.9 Å². The molecule has 18 heavy (non-hydrogen) atoms. The Morgan fingerprint density at radius 2 is 1.89 bits per heavy atom. The number of fused-ring (bicyclic) bond motifs is 3. The van der Waals surface area contributed by atoms with Gasteiger partial charge in [-0.25, -0.2) is 9.97 Å². The molecule has 2 aromatic rings. The van der Waals surface area contributed by atoms with Crippen molar-refractivity contribution in [3.8, 4) is 0 Å². The van der Waals surface area contributed by atoms with Gasteiger partial charge in [-0.2, -0.15) is 0 Å². The van der Waals surface area contributed by atoms with Crippen molar-refractivity contribution < 1.29 is 0 Å². The van der Waals surface area contributed by atoms with E-state index in [2.05, 4.69) is 4.98 Å². The van der Waals surface area contributed by atoms with Gasteiger partial charge in [-0.3, -0.25) is 0 Å². The Labute approximate surface area is 110 Å². The number of rotatable bonds is 1. The van der Waals surface area contributed by atoms with Gasteiger partial charge in [-0.05, 0) is 37.7 Å². The van der Waals surface area contributed by atoms with E-state index in [0.717, 1.165) is 28.3 Å². The van der Waals surface area contributed by atoms with Crippen molar-refractivity contribution in [1.29, 1.82) is 0 Å². The summed E-state index contributed by atoms with van der Waals surface area (Å²) in [6.45, 7) is 0. The van der Waals surface area contributed by atoms with Gasteiger partial charge in [0.2, 0.25) is 0 Å². The lowest BCUT2D eigenvalue weighted by atomic mass is 10.1. The smallest absolute Gasteiger partial charge is 0.136 e. The third-order valence-electron chi connectivity index (χ3n) is 4.33. The lowest BCUT2D eigenvalue weighted by Crippen LogP contribution is -2.04. The first-order valence-corrected chi connectivity index (χ1v) is 7.72. The monoisotopic (exact) mass is 259 g/mol. The van der Waals surface area contributed by atoms with E-state index in [-0.39, 0.29) is 0 Å². The number of nitrogen functional groups attached to an aromatic ring is 1. The number of anilines is 1. The van der Waals surface area contributed by atoms with Gasteiger partial charge < -0.3 is 5.73 Å². The summed E-state index contributed by atoms with van der Waals surface area (Å²) < 4.78 is 0. The maximum Gasteiger partial charge on any atom is 0.136 e. The first-order chi connectivity index (χ1) is 8.83. The topological polar surface area (TPSA) is 51.8 Å². The fourth-order valence-corrected chi connectivity index (χ4v) is 4.68. The molecule has 0 radical (unpaired) electrons. The average Bonchev–Trinajstić information content (AvgIpc) is 3.04. The van der Waals surface area contributed by atoms with Crippen LogP contribution in [-0.4, -0.2) is 9.97 Å². The van der Waals surface area contributed by atoms with Crippen LogP contribution < -0.4 is 5.73 Å². The molecule has 0 bridgehead atoms. The molecule has 2 aliphatic rings. The third-order valence-corrected chi connectivity index (χ3v) is 5.52. The lowest BCUT2D eigenvalue weighted by molar-refractivity contribution is 0.674. The van der Waals surface area contributed by atoms with Crippen molar-refractivity contribution in [2.75, 3.05) is 5.73 Å². The highest BCUT2D eigenvalue weighted by atomic mass is 32.1. The molecule has 0 unspecified atom stereocenters. The van der Waals surface area contributed by atoms with Crippen LogP contribution in [0.3, 0.4) is 0 Å². The molecule has 2 heterocycles. The van der Waals surface area contributed by atoms with E-state index in [4.69, 9.17) is 10.7 Å². The van der Waals surface area contributed by atoms with Gasteiger partial charge in [0.15, 0.2) is 0 Å². The zero-order valence-electron chi connectivity index (χ0n) is 10.4. The van der Waals surface area contributed by atoms with Crippen LogP contribution in [-0.2, 0) is 12.8 Å². The number of aryl methyl sites for hydroxylation is 2. The Hall–Kier alpha value is -1.16. The second-order valence-corrected chi connectivity index (χ2v) is 6.57. The molecule has 2 aromatic heterocycles. The Balaban J connectivity index is 1.88. The second-order valence-electron chi connectivity index (χ2n) is 5.49. The molecule has 0 atom stereocenters. The Morgan fingerprint density at radius 1 is 1.06 bits per heavy atom. The van der Waals surface area contributed by atoms with Crippen molar-refractivity contribution in [1.82, 2.24) is 9.97 Å². The molecular weight excluding hydrogens is 242 g/mol. The Morgan fingerprint density at radius 3 is 2.72 bits per heavy atom. The van der Waals surface area contributed by atoms with Crippen LogP contribution >= 0.6 is 11.3 Å². The summed E-state index contributed by atoms with van der Waals surface area (Å²) in [5, 5.41) is 1.16. The van der Waals surface area contributed by atoms with Crippen molar-refractivity contribution in [3.63, 3.8) is 0 Å². The summed E-state index contributed by atoms with van der Waals surface area (Å²) in [7, 11) is 0. The Bertz CT molecular complexity index is 611. The minimum Gasteiger partial charge on any atom is -0.383 e. The van der Waals surface area contributed by atoms with Crippen LogP contribution in [0.4, 0.5) is 5.82 Å². The van der Waals surface area contributed by atoms with Gasteiger partial charge in [-0.15, -0.1) is 11.3 Å². The fraction of sp³-hybridized carbons (Fsp3) is 0.571. The first-order valence-electron chi connectivity index (χ1n) is 6.90. The molecular formula is C14H17N3S. The quantitative estimate of drug-likeness (QED) is 0.853. The molecule has 2 N–H and O–H groups in total. The fourth-order valence-electron chi connectivity index (χ4n) is 3.41. The SMILES string of the molecule is Nc1nc(C2CCCC2)nc2sc3c(c12)CCC3. The lowest BCUT2D eigenvalue weighted by Gasteiger charge is -2.08. The number of nitrogens with zero attached hydrogens (tertiary/aromatic N) is 2. The van der Waals surface area contributed by atoms with Gasteiger partial charge >= 0.3 is 0 Å². The van der Waals surface area contributed by atoms with Gasteiger partial charge in [0.1, 0.15) is 16.5 Å². The summed E-state index contributed by atoms with van der Waals surface area (Å²) in [6, 6.07) is 0. The second kappa shape index (κ2) is 3.92. The molecule has 94 valence electrons. The summed E-state index contributed by atoms with van der Waals surface area (Å²) in [6.07, 6.45) is 8.72. The minimum absolute atomic E-state index is 0.550. The van der Waals surface area contributed by atoms with E-state index in [0.29, 0.717) is 5.92 Å². The third kappa shape index (κ3) is 1.48. The largest absolute Gasteiger partial charge is 0.383 e. The van der Waals surface area contributed by atoms with E-state index in [1.54, 1.807) is 0 Å². The number of aromatic nitrogens is 2. The standard InChI is InChI=1S/C14H17N3S/c15-12-11-9-6-3-7-10(9)18-14(11)17-13(16-12)8-4-1-2-5-8/h8H,1-7H2,(H2,15,16,17). The van der Waals surface area contributed by atoms with E-state index < -0.39 is 0 Å². The molecule has 0 spiro atoms. The van der Waals surface area contributed by atoms with Crippen LogP contribution in [0.5, 0.6) is 0 Å². The molecule has 2 aliphatic carbocycles. The predicted octanol–water partition coefficient (Wildman–Crippen LogP) is 3.42. The van der Waals surface area contributed by atoms with Gasteiger partial charge in [0.05, 0.1) is 5.39 Å². The van der Waals surface area contributed by atoms with Crippen LogP contribution in [0.15, 0.2) is 0 Å². The molecule has 0 aromatic carbocycles. The van der Waals surface area contributed by atoms with Crippen LogP contribution in [0, 0.1) is 0 Å². The zero-order valence-corrected chi connectivity index (χ0v) is 11.2. The van der Waals surface area contributed by atoms with Gasteiger partial charge in [0, 0.05) is 10.8 Å². The highest BCUT2D eigenvalue weighted by Crippen LogP contribution is 2.40. The van der Waals surface area contributed by atoms with Gasteiger partial charge in [0.25, 0.3) is 0 Å². The Kier molecular flexibility index (Phi) is 2.34. The normalized spacial score (nSPS) is 19.8. The van der Waals surface area contributed by atoms with Crippen molar-refractivity contribution in [2.24, 2.45) is 0 Å². The number of hydrogen-bond donors (Lipinski definition) is 1. The highest BCUT2D eigenvalue weighted by Gasteiger charge is 2.25. The summed E-state index contributed by atoms with van der Waals surface area (Å²) in [4.78, 5) is 12.0. The van der Waals surface area contributed by atoms with Gasteiger partial charge in [-0.1, -0.05) is 12.8 Å². The molecule has 3 nitrogen and oxygen atoms in total. The number of hydrogen-bond acceptors (Lipinski definition) is 4. The summed E-state index contributed by atoms with van der Waals surface area (Å²) in [5.41, 5.74) is 7.63. The summed E-state index contributed by atoms with van der Waals surface area (Å²) in [5.74, 6) is 2.27. The van der Waals surface area contributed by atoms with E-state index in [1.165, 1.54) is 49.0 Å². The van der Waals surface area contributed by atoms with Crippen molar-refractivity contribution >= 4 is 27.4 Å². The number of thiophene rings is 1. The van der Waals surface area contributed by atoms with E-state index in [9.17, 15) is 0 Å². The molecule has 0 amide bonds. The molecule has 0 aliphatic heterocycles. The average molecular weight is 259 g/mol. The van der Waals surface area contributed by atoms with E-state index >= 15 is 0 Å². The zero-order chi connectivity index (χ0) is 12.1.